The number of thiophene rings is 1. The Labute approximate surface area is 132 Å². The molecule has 0 radical (unpaired) electrons. The molecule has 106 valence electrons. The number of aromatic nitrogens is 1. The Kier molecular flexibility index (Phi) is 4.13. The molecule has 21 heavy (non-hydrogen) atoms. The Bertz CT molecular complexity index is 766. The van der Waals surface area contributed by atoms with E-state index in [0.29, 0.717) is 4.99 Å². The number of para-hydroxylation sites is 1. The molecule has 0 aliphatic carbocycles. The Balaban J connectivity index is 1.83. The Morgan fingerprint density at radius 1 is 1.24 bits per heavy atom. The first-order valence-corrected chi connectivity index (χ1v) is 7.98. The SMILES string of the molecule is NC(=S)c1cc(NCCc2cccs2)nc2ccccc12. The van der Waals surface area contributed by atoms with Gasteiger partial charge in [-0.2, -0.15) is 0 Å². The highest BCUT2D eigenvalue weighted by Crippen LogP contribution is 2.21. The summed E-state index contributed by atoms with van der Waals surface area (Å²) in [5.41, 5.74) is 7.61. The zero-order valence-electron chi connectivity index (χ0n) is 11.4. The van der Waals surface area contributed by atoms with Crippen molar-refractivity contribution in [3.8, 4) is 0 Å². The lowest BCUT2D eigenvalue weighted by molar-refractivity contribution is 1.03. The summed E-state index contributed by atoms with van der Waals surface area (Å²) in [6.45, 7) is 0.836. The second kappa shape index (κ2) is 6.20. The number of nitrogens with two attached hydrogens (primary N) is 1. The van der Waals surface area contributed by atoms with E-state index in [1.807, 2.05) is 30.3 Å². The van der Waals surface area contributed by atoms with Gasteiger partial charge in [-0.25, -0.2) is 4.98 Å². The summed E-state index contributed by atoms with van der Waals surface area (Å²) in [5.74, 6) is 0.813. The smallest absolute Gasteiger partial charge is 0.127 e. The average Bonchev–Trinajstić information content (AvgIpc) is 2.99. The van der Waals surface area contributed by atoms with Crippen molar-refractivity contribution in [1.29, 1.82) is 0 Å². The number of anilines is 1. The summed E-state index contributed by atoms with van der Waals surface area (Å²) in [4.78, 5) is 6.37. The van der Waals surface area contributed by atoms with Gasteiger partial charge in [0.2, 0.25) is 0 Å². The fourth-order valence-electron chi connectivity index (χ4n) is 2.24. The monoisotopic (exact) mass is 313 g/mol. The first kappa shape index (κ1) is 14.0. The molecule has 3 aromatic rings. The number of nitrogens with one attached hydrogen (secondary N) is 1. The van der Waals surface area contributed by atoms with Crippen LogP contribution in [0.3, 0.4) is 0 Å². The van der Waals surface area contributed by atoms with Crippen LogP contribution in [-0.4, -0.2) is 16.5 Å². The van der Waals surface area contributed by atoms with E-state index in [1.54, 1.807) is 11.3 Å². The first-order valence-electron chi connectivity index (χ1n) is 6.70. The van der Waals surface area contributed by atoms with Gasteiger partial charge < -0.3 is 11.1 Å². The third kappa shape index (κ3) is 3.20. The van der Waals surface area contributed by atoms with Gasteiger partial charge in [0.1, 0.15) is 10.8 Å². The molecule has 0 amide bonds. The number of benzene rings is 1. The largest absolute Gasteiger partial charge is 0.389 e. The average molecular weight is 313 g/mol. The molecule has 2 heterocycles. The third-order valence-corrected chi connectivity index (χ3v) is 4.40. The van der Waals surface area contributed by atoms with Crippen molar-refractivity contribution in [2.24, 2.45) is 5.73 Å². The van der Waals surface area contributed by atoms with E-state index >= 15 is 0 Å². The van der Waals surface area contributed by atoms with E-state index in [1.165, 1.54) is 4.88 Å². The summed E-state index contributed by atoms with van der Waals surface area (Å²) >= 11 is 6.92. The molecule has 3 rings (SSSR count). The lowest BCUT2D eigenvalue weighted by Gasteiger charge is -2.10. The maximum absolute atomic E-state index is 5.83. The Morgan fingerprint density at radius 2 is 2.10 bits per heavy atom. The molecular formula is C16H15N3S2. The van der Waals surface area contributed by atoms with Gasteiger partial charge in [0.15, 0.2) is 0 Å². The van der Waals surface area contributed by atoms with Crippen LogP contribution in [0, 0.1) is 0 Å². The molecule has 0 aliphatic rings. The van der Waals surface area contributed by atoms with Crippen LogP contribution in [-0.2, 0) is 6.42 Å². The summed E-state index contributed by atoms with van der Waals surface area (Å²) in [6, 6.07) is 14.0. The number of fused-ring (bicyclic) bond motifs is 1. The predicted octanol–water partition coefficient (Wildman–Crippen LogP) is 3.59. The lowest BCUT2D eigenvalue weighted by Crippen LogP contribution is -2.12. The van der Waals surface area contributed by atoms with Gasteiger partial charge in [0.05, 0.1) is 5.52 Å². The fourth-order valence-corrected chi connectivity index (χ4v) is 3.12. The number of rotatable bonds is 5. The van der Waals surface area contributed by atoms with E-state index in [9.17, 15) is 0 Å². The minimum atomic E-state index is 0.398. The van der Waals surface area contributed by atoms with Crippen LogP contribution in [0.25, 0.3) is 10.9 Å². The fraction of sp³-hybridized carbons (Fsp3) is 0.125. The van der Waals surface area contributed by atoms with E-state index in [0.717, 1.165) is 35.2 Å². The molecule has 0 aliphatic heterocycles. The van der Waals surface area contributed by atoms with Crippen molar-refractivity contribution < 1.29 is 0 Å². The minimum Gasteiger partial charge on any atom is -0.389 e. The summed E-state index contributed by atoms with van der Waals surface area (Å²) in [5, 5.41) is 6.44. The number of hydrogen-bond acceptors (Lipinski definition) is 4. The normalized spacial score (nSPS) is 10.7. The lowest BCUT2D eigenvalue weighted by atomic mass is 10.1. The number of nitrogens with zero attached hydrogens (tertiary/aromatic N) is 1. The van der Waals surface area contributed by atoms with Gasteiger partial charge in [-0.1, -0.05) is 36.5 Å². The highest BCUT2D eigenvalue weighted by atomic mass is 32.1. The quantitative estimate of drug-likeness (QED) is 0.707. The molecule has 0 atom stereocenters. The minimum absolute atomic E-state index is 0.398. The van der Waals surface area contributed by atoms with Gasteiger partial charge in [0, 0.05) is 22.4 Å². The van der Waals surface area contributed by atoms with Crippen LogP contribution in [0.1, 0.15) is 10.4 Å². The van der Waals surface area contributed by atoms with Crippen LogP contribution in [0.2, 0.25) is 0 Å². The first-order chi connectivity index (χ1) is 10.2. The molecule has 0 unspecified atom stereocenters. The van der Waals surface area contributed by atoms with Crippen molar-refractivity contribution in [2.75, 3.05) is 11.9 Å². The molecular weight excluding hydrogens is 298 g/mol. The predicted molar refractivity (Wildman–Crippen MR) is 94.1 cm³/mol. The number of pyridine rings is 1. The van der Waals surface area contributed by atoms with Crippen LogP contribution < -0.4 is 11.1 Å². The zero-order chi connectivity index (χ0) is 14.7. The van der Waals surface area contributed by atoms with E-state index in [4.69, 9.17) is 18.0 Å². The standard InChI is InChI=1S/C16H15N3S2/c17-16(20)13-10-15(18-8-7-11-4-3-9-21-11)19-14-6-2-1-5-12(13)14/h1-6,9-10H,7-8H2,(H2,17,20)(H,18,19). The maximum Gasteiger partial charge on any atom is 0.127 e. The van der Waals surface area contributed by atoms with Gasteiger partial charge in [-0.3, -0.25) is 0 Å². The molecule has 1 aromatic carbocycles. The summed E-state index contributed by atoms with van der Waals surface area (Å²) in [6.07, 6.45) is 0.981. The third-order valence-electron chi connectivity index (χ3n) is 3.24. The molecule has 0 spiro atoms. The second-order valence-corrected chi connectivity index (χ2v) is 6.16. The van der Waals surface area contributed by atoms with Crippen molar-refractivity contribution >= 4 is 45.3 Å². The highest BCUT2D eigenvalue weighted by Gasteiger charge is 2.07. The van der Waals surface area contributed by atoms with Gasteiger partial charge >= 0.3 is 0 Å². The second-order valence-electron chi connectivity index (χ2n) is 4.69. The molecule has 3 N–H and O–H groups in total. The molecule has 5 heteroatoms. The highest BCUT2D eigenvalue weighted by molar-refractivity contribution is 7.80. The topological polar surface area (TPSA) is 50.9 Å². The molecule has 0 saturated carbocycles. The Hall–Kier alpha value is -1.98. The van der Waals surface area contributed by atoms with Gasteiger partial charge in [-0.05, 0) is 30.0 Å². The Morgan fingerprint density at radius 3 is 2.86 bits per heavy atom. The summed E-state index contributed by atoms with van der Waals surface area (Å²) < 4.78 is 0. The van der Waals surface area contributed by atoms with Gasteiger partial charge in [0.25, 0.3) is 0 Å². The number of hydrogen-bond donors (Lipinski definition) is 2. The van der Waals surface area contributed by atoms with E-state index in [2.05, 4.69) is 27.8 Å². The van der Waals surface area contributed by atoms with Crippen molar-refractivity contribution in [2.45, 2.75) is 6.42 Å². The van der Waals surface area contributed by atoms with Crippen LogP contribution >= 0.6 is 23.6 Å². The van der Waals surface area contributed by atoms with Crippen LogP contribution in [0.15, 0.2) is 47.8 Å². The van der Waals surface area contributed by atoms with Crippen LogP contribution in [0.4, 0.5) is 5.82 Å². The van der Waals surface area contributed by atoms with E-state index in [-0.39, 0.29) is 0 Å². The van der Waals surface area contributed by atoms with Crippen molar-refractivity contribution in [3.63, 3.8) is 0 Å². The van der Waals surface area contributed by atoms with Crippen LogP contribution in [0.5, 0.6) is 0 Å². The molecule has 2 aromatic heterocycles. The van der Waals surface area contributed by atoms with Crippen molar-refractivity contribution in [1.82, 2.24) is 4.98 Å². The van der Waals surface area contributed by atoms with Crippen molar-refractivity contribution in [3.05, 3.63) is 58.3 Å². The van der Waals surface area contributed by atoms with E-state index < -0.39 is 0 Å². The summed E-state index contributed by atoms with van der Waals surface area (Å²) in [7, 11) is 0. The zero-order valence-corrected chi connectivity index (χ0v) is 13.0. The molecule has 0 fully saturated rings. The maximum atomic E-state index is 5.83. The molecule has 0 bridgehead atoms. The van der Waals surface area contributed by atoms with Gasteiger partial charge in [-0.15, -0.1) is 11.3 Å². The molecule has 3 nitrogen and oxygen atoms in total. The molecule has 0 saturated heterocycles. The number of thiocarbonyl (C=S) groups is 1.